The van der Waals surface area contributed by atoms with Crippen LogP contribution in [0.2, 0.25) is 0 Å². The van der Waals surface area contributed by atoms with E-state index in [-0.39, 0.29) is 18.3 Å². The van der Waals surface area contributed by atoms with Gasteiger partial charge in [0.05, 0.1) is 13.7 Å². The molecular formula is C19H31ClN2O3. The van der Waals surface area contributed by atoms with Crippen LogP contribution in [0.15, 0.2) is 18.2 Å². The third kappa shape index (κ3) is 7.12. The molecule has 25 heavy (non-hydrogen) atoms. The number of carbonyl (C=O) groups is 1. The maximum absolute atomic E-state index is 12.3. The van der Waals surface area contributed by atoms with Crippen LogP contribution in [0.1, 0.15) is 43.5 Å². The van der Waals surface area contributed by atoms with Crippen LogP contribution in [0.4, 0.5) is 0 Å². The number of hydrogen-bond donors (Lipinski definition) is 2. The molecule has 2 N–H and O–H groups in total. The minimum absolute atomic E-state index is 0. The molecule has 1 unspecified atom stereocenters. The van der Waals surface area contributed by atoms with Gasteiger partial charge in [0.2, 0.25) is 0 Å². The van der Waals surface area contributed by atoms with Crippen molar-refractivity contribution in [2.75, 3.05) is 33.4 Å². The molecular weight excluding hydrogens is 340 g/mol. The summed E-state index contributed by atoms with van der Waals surface area (Å²) in [7, 11) is 1.60. The Bertz CT molecular complexity index is 531. The number of halogens is 1. The van der Waals surface area contributed by atoms with Crippen molar-refractivity contribution in [1.82, 2.24) is 10.6 Å². The average molecular weight is 371 g/mol. The van der Waals surface area contributed by atoms with E-state index < -0.39 is 0 Å². The Morgan fingerprint density at radius 3 is 2.80 bits per heavy atom. The first kappa shape index (κ1) is 21.6. The third-order valence-electron chi connectivity index (χ3n) is 4.33. The summed E-state index contributed by atoms with van der Waals surface area (Å²) in [6.45, 7) is 7.74. The topological polar surface area (TPSA) is 59.6 Å². The van der Waals surface area contributed by atoms with E-state index in [0.717, 1.165) is 19.5 Å². The molecule has 142 valence electrons. The van der Waals surface area contributed by atoms with Crippen LogP contribution in [-0.2, 0) is 0 Å². The van der Waals surface area contributed by atoms with Gasteiger partial charge in [-0.25, -0.2) is 0 Å². The molecule has 0 aromatic heterocycles. The van der Waals surface area contributed by atoms with Gasteiger partial charge in [-0.3, -0.25) is 4.79 Å². The molecule has 1 aliphatic heterocycles. The number of piperidine rings is 1. The fourth-order valence-corrected chi connectivity index (χ4v) is 2.77. The summed E-state index contributed by atoms with van der Waals surface area (Å²) in [5.74, 6) is 2.34. The minimum atomic E-state index is -0.0624. The molecule has 6 heteroatoms. The lowest BCUT2D eigenvalue weighted by Crippen LogP contribution is -2.38. The van der Waals surface area contributed by atoms with Gasteiger partial charge < -0.3 is 20.1 Å². The molecule has 1 heterocycles. The van der Waals surface area contributed by atoms with Crippen molar-refractivity contribution in [1.29, 1.82) is 0 Å². The Morgan fingerprint density at radius 1 is 1.36 bits per heavy atom. The zero-order chi connectivity index (χ0) is 17.4. The van der Waals surface area contributed by atoms with Crippen molar-refractivity contribution in [3.63, 3.8) is 0 Å². The van der Waals surface area contributed by atoms with Gasteiger partial charge in [0, 0.05) is 12.1 Å². The summed E-state index contributed by atoms with van der Waals surface area (Å²) >= 11 is 0. The zero-order valence-electron chi connectivity index (χ0n) is 15.5. The summed E-state index contributed by atoms with van der Waals surface area (Å²) in [5.41, 5.74) is 0.604. The van der Waals surface area contributed by atoms with Crippen LogP contribution >= 0.6 is 12.4 Å². The molecule has 1 aromatic carbocycles. The number of amides is 1. The Balaban J connectivity index is 0.00000312. The van der Waals surface area contributed by atoms with Gasteiger partial charge in [0.1, 0.15) is 0 Å². The van der Waals surface area contributed by atoms with E-state index in [0.29, 0.717) is 42.0 Å². The van der Waals surface area contributed by atoms with Gasteiger partial charge in [-0.15, -0.1) is 12.4 Å². The van der Waals surface area contributed by atoms with E-state index in [2.05, 4.69) is 24.5 Å². The number of carbonyl (C=O) groups excluding carboxylic acids is 1. The van der Waals surface area contributed by atoms with Crippen LogP contribution in [0, 0.1) is 11.8 Å². The molecule has 0 aliphatic carbocycles. The van der Waals surface area contributed by atoms with E-state index >= 15 is 0 Å². The highest BCUT2D eigenvalue weighted by atomic mass is 35.5. The number of rotatable bonds is 8. The van der Waals surface area contributed by atoms with Gasteiger partial charge in [0.15, 0.2) is 11.5 Å². The van der Waals surface area contributed by atoms with Crippen LogP contribution in [-0.4, -0.2) is 39.3 Å². The molecule has 1 aliphatic rings. The van der Waals surface area contributed by atoms with Crippen LogP contribution < -0.4 is 20.1 Å². The quantitative estimate of drug-likeness (QED) is 0.737. The van der Waals surface area contributed by atoms with E-state index in [9.17, 15) is 4.79 Å². The summed E-state index contributed by atoms with van der Waals surface area (Å²) in [6, 6.07) is 5.36. The van der Waals surface area contributed by atoms with Crippen molar-refractivity contribution in [2.24, 2.45) is 11.8 Å². The molecule has 5 nitrogen and oxygen atoms in total. The molecule has 2 rings (SSSR count). The van der Waals surface area contributed by atoms with E-state index in [1.807, 2.05) is 6.07 Å². The Kier molecular flexibility index (Phi) is 9.68. The van der Waals surface area contributed by atoms with E-state index in [1.165, 1.54) is 12.8 Å². The maximum atomic E-state index is 12.3. The molecule has 0 spiro atoms. The van der Waals surface area contributed by atoms with Gasteiger partial charge in [-0.05, 0) is 62.4 Å². The number of benzene rings is 1. The SMILES string of the molecule is COc1cc(C(=O)NCC2CCCNC2)ccc1OCCC(C)C.Cl. The summed E-state index contributed by atoms with van der Waals surface area (Å²) in [4.78, 5) is 12.3. The van der Waals surface area contributed by atoms with Crippen LogP contribution in [0.25, 0.3) is 0 Å². The lowest BCUT2D eigenvalue weighted by atomic mass is 9.99. The Morgan fingerprint density at radius 2 is 2.16 bits per heavy atom. The van der Waals surface area contributed by atoms with Crippen molar-refractivity contribution >= 4 is 18.3 Å². The first-order chi connectivity index (χ1) is 11.6. The minimum Gasteiger partial charge on any atom is -0.493 e. The predicted octanol–water partition coefficient (Wildman–Crippen LogP) is 3.27. The Labute approximate surface area is 157 Å². The molecule has 1 amide bonds. The fourth-order valence-electron chi connectivity index (χ4n) is 2.77. The molecule has 0 saturated carbocycles. The molecule has 0 radical (unpaired) electrons. The molecule has 1 aromatic rings. The normalized spacial score (nSPS) is 16.9. The molecule has 1 fully saturated rings. The monoisotopic (exact) mass is 370 g/mol. The third-order valence-corrected chi connectivity index (χ3v) is 4.33. The van der Waals surface area contributed by atoms with Crippen LogP contribution in [0.5, 0.6) is 11.5 Å². The van der Waals surface area contributed by atoms with Crippen molar-refractivity contribution in [3.8, 4) is 11.5 Å². The lowest BCUT2D eigenvalue weighted by Gasteiger charge is -2.23. The number of ether oxygens (including phenoxy) is 2. The molecule has 1 atom stereocenters. The molecule has 0 bridgehead atoms. The first-order valence-corrected chi connectivity index (χ1v) is 8.90. The average Bonchev–Trinajstić information content (AvgIpc) is 2.60. The number of nitrogens with one attached hydrogen (secondary N) is 2. The number of hydrogen-bond acceptors (Lipinski definition) is 4. The summed E-state index contributed by atoms with van der Waals surface area (Å²) < 4.78 is 11.1. The summed E-state index contributed by atoms with van der Waals surface area (Å²) in [6.07, 6.45) is 3.33. The van der Waals surface area contributed by atoms with Crippen molar-refractivity contribution in [3.05, 3.63) is 23.8 Å². The van der Waals surface area contributed by atoms with E-state index in [1.54, 1.807) is 19.2 Å². The number of methoxy groups -OCH3 is 1. The second kappa shape index (κ2) is 11.2. The lowest BCUT2D eigenvalue weighted by molar-refractivity contribution is 0.0944. The van der Waals surface area contributed by atoms with Gasteiger partial charge >= 0.3 is 0 Å². The zero-order valence-corrected chi connectivity index (χ0v) is 16.3. The van der Waals surface area contributed by atoms with Gasteiger partial charge in [-0.1, -0.05) is 13.8 Å². The Hall–Kier alpha value is -1.46. The standard InChI is InChI=1S/C19H30N2O3.ClH/c1-14(2)8-10-24-17-7-6-16(11-18(17)23-3)19(22)21-13-15-5-4-9-20-12-15;/h6-7,11,14-15,20H,4-5,8-10,12-13H2,1-3H3,(H,21,22);1H. The summed E-state index contributed by atoms with van der Waals surface area (Å²) in [5, 5.41) is 6.39. The highest BCUT2D eigenvalue weighted by Gasteiger charge is 2.16. The van der Waals surface area contributed by atoms with Crippen molar-refractivity contribution < 1.29 is 14.3 Å². The van der Waals surface area contributed by atoms with E-state index in [4.69, 9.17) is 9.47 Å². The smallest absolute Gasteiger partial charge is 0.251 e. The van der Waals surface area contributed by atoms with Gasteiger partial charge in [0.25, 0.3) is 5.91 Å². The second-order valence-electron chi connectivity index (χ2n) is 6.82. The maximum Gasteiger partial charge on any atom is 0.251 e. The highest BCUT2D eigenvalue weighted by Crippen LogP contribution is 2.28. The van der Waals surface area contributed by atoms with Crippen molar-refractivity contribution in [2.45, 2.75) is 33.1 Å². The van der Waals surface area contributed by atoms with Gasteiger partial charge in [-0.2, -0.15) is 0 Å². The van der Waals surface area contributed by atoms with Crippen LogP contribution in [0.3, 0.4) is 0 Å². The predicted molar refractivity (Wildman–Crippen MR) is 103 cm³/mol. The first-order valence-electron chi connectivity index (χ1n) is 8.90. The largest absolute Gasteiger partial charge is 0.493 e. The fraction of sp³-hybridized carbons (Fsp3) is 0.632. The second-order valence-corrected chi connectivity index (χ2v) is 6.82. The highest BCUT2D eigenvalue weighted by molar-refractivity contribution is 5.94. The molecule has 1 saturated heterocycles.